The van der Waals surface area contributed by atoms with Gasteiger partial charge in [0.1, 0.15) is 0 Å². The normalized spacial score (nSPS) is 21.4. The van der Waals surface area contributed by atoms with E-state index < -0.39 is 5.97 Å². The molecule has 0 saturated carbocycles. The summed E-state index contributed by atoms with van der Waals surface area (Å²) in [7, 11) is 0. The van der Waals surface area contributed by atoms with Crippen LogP contribution in [-0.2, 0) is 14.3 Å². The highest BCUT2D eigenvalue weighted by Crippen LogP contribution is 2.34. The van der Waals surface area contributed by atoms with Crippen LogP contribution in [0.5, 0.6) is 0 Å². The zero-order valence-electron chi connectivity index (χ0n) is 16.2. The van der Waals surface area contributed by atoms with Crippen LogP contribution in [-0.4, -0.2) is 48.4 Å². The lowest BCUT2D eigenvalue weighted by Crippen LogP contribution is -2.34. The number of hydrogen-bond acceptors (Lipinski definition) is 6. The van der Waals surface area contributed by atoms with Crippen LogP contribution >= 0.6 is 23.1 Å². The van der Waals surface area contributed by atoms with Crippen molar-refractivity contribution in [2.75, 3.05) is 25.5 Å². The van der Waals surface area contributed by atoms with E-state index in [1.54, 1.807) is 29.2 Å². The molecule has 1 amide bonds. The molecule has 2 unspecified atom stereocenters. The fourth-order valence-electron chi connectivity index (χ4n) is 3.85. The molecular formula is C22H25NO4S2. The third-order valence-corrected chi connectivity index (χ3v) is 7.51. The zero-order chi connectivity index (χ0) is 20.1. The molecule has 7 heteroatoms. The number of amides is 1. The quantitative estimate of drug-likeness (QED) is 0.476. The minimum Gasteiger partial charge on any atom is -0.452 e. The van der Waals surface area contributed by atoms with E-state index in [0.29, 0.717) is 12.1 Å². The number of rotatable bonds is 7. The summed E-state index contributed by atoms with van der Waals surface area (Å²) in [5.74, 6) is 0.249. The Hall–Kier alpha value is -1.83. The maximum Gasteiger partial charge on any atom is 0.339 e. The highest BCUT2D eigenvalue weighted by molar-refractivity contribution is 7.99. The molecule has 0 radical (unpaired) electrons. The molecule has 0 spiro atoms. The highest BCUT2D eigenvalue weighted by Gasteiger charge is 2.31. The van der Waals surface area contributed by atoms with Crippen molar-refractivity contribution in [3.05, 3.63) is 52.2 Å². The highest BCUT2D eigenvalue weighted by atomic mass is 32.2. The Morgan fingerprint density at radius 3 is 2.86 bits per heavy atom. The lowest BCUT2D eigenvalue weighted by Gasteiger charge is -2.23. The second kappa shape index (κ2) is 9.78. The van der Waals surface area contributed by atoms with Crippen LogP contribution in [0.4, 0.5) is 0 Å². The first-order chi connectivity index (χ1) is 14.2. The molecule has 0 bridgehead atoms. The van der Waals surface area contributed by atoms with Crippen LogP contribution in [0.15, 0.2) is 46.7 Å². The predicted octanol–water partition coefficient (Wildman–Crippen LogP) is 4.54. The second-order valence-corrected chi connectivity index (χ2v) is 9.32. The maximum absolute atomic E-state index is 12.7. The number of likely N-dealkylation sites (tertiary alicyclic amines) is 1. The zero-order valence-corrected chi connectivity index (χ0v) is 17.9. The van der Waals surface area contributed by atoms with E-state index in [2.05, 4.69) is 6.07 Å². The Balaban J connectivity index is 1.34. The molecule has 2 fully saturated rings. The maximum atomic E-state index is 12.7. The second-order valence-electron chi connectivity index (χ2n) is 7.28. The summed E-state index contributed by atoms with van der Waals surface area (Å²) < 4.78 is 11.1. The van der Waals surface area contributed by atoms with E-state index >= 15 is 0 Å². The molecule has 2 atom stereocenters. The van der Waals surface area contributed by atoms with Crippen molar-refractivity contribution in [2.45, 2.75) is 42.7 Å². The number of hydrogen-bond donors (Lipinski definition) is 0. The monoisotopic (exact) mass is 431 g/mol. The van der Waals surface area contributed by atoms with Crippen molar-refractivity contribution < 1.29 is 19.1 Å². The minimum atomic E-state index is -0.444. The topological polar surface area (TPSA) is 55.8 Å². The Labute approximate surface area is 179 Å². The van der Waals surface area contributed by atoms with Crippen molar-refractivity contribution in [1.29, 1.82) is 0 Å². The lowest BCUT2D eigenvalue weighted by molar-refractivity contribution is -0.135. The first-order valence-corrected chi connectivity index (χ1v) is 11.9. The average molecular weight is 432 g/mol. The molecule has 1 aromatic heterocycles. The Morgan fingerprint density at radius 1 is 1.17 bits per heavy atom. The summed E-state index contributed by atoms with van der Waals surface area (Å²) in [5.41, 5.74) is 0.513. The van der Waals surface area contributed by atoms with Crippen molar-refractivity contribution in [1.82, 2.24) is 4.90 Å². The van der Waals surface area contributed by atoms with Gasteiger partial charge in [0.2, 0.25) is 0 Å². The number of esters is 1. The first kappa shape index (κ1) is 20.4. The standard InChI is InChI=1S/C22H25NO4S2/c24-21(23-11-3-8-18(23)20-10-5-13-28-20)14-27-22(25)17-7-1-2-9-19(17)29-15-16-6-4-12-26-16/h1-2,5,7,9-10,13,16,18H,3-4,6,8,11-12,14-15H2. The molecule has 3 heterocycles. The number of benzene rings is 1. The number of thiophene rings is 1. The summed E-state index contributed by atoms with van der Waals surface area (Å²) in [6.07, 6.45) is 4.35. The average Bonchev–Trinajstić information content (AvgIpc) is 3.51. The van der Waals surface area contributed by atoms with E-state index in [9.17, 15) is 9.59 Å². The van der Waals surface area contributed by atoms with Gasteiger partial charge in [-0.05, 0) is 49.3 Å². The Morgan fingerprint density at radius 2 is 2.07 bits per heavy atom. The molecule has 0 N–H and O–H groups in total. The van der Waals surface area contributed by atoms with Crippen LogP contribution in [0.3, 0.4) is 0 Å². The van der Waals surface area contributed by atoms with Crippen molar-refractivity contribution in [3.8, 4) is 0 Å². The fourth-order valence-corrected chi connectivity index (χ4v) is 5.83. The van der Waals surface area contributed by atoms with Crippen LogP contribution in [0.25, 0.3) is 0 Å². The number of carbonyl (C=O) groups excluding carboxylic acids is 2. The molecule has 1 aromatic carbocycles. The van der Waals surface area contributed by atoms with Gasteiger partial charge in [0, 0.05) is 28.7 Å². The fraction of sp³-hybridized carbons (Fsp3) is 0.455. The molecule has 29 heavy (non-hydrogen) atoms. The molecule has 2 aliphatic rings. The van der Waals surface area contributed by atoms with Crippen LogP contribution < -0.4 is 0 Å². The number of thioether (sulfide) groups is 1. The predicted molar refractivity (Wildman–Crippen MR) is 114 cm³/mol. The van der Waals surface area contributed by atoms with Gasteiger partial charge >= 0.3 is 5.97 Å². The van der Waals surface area contributed by atoms with E-state index in [1.165, 1.54) is 4.88 Å². The van der Waals surface area contributed by atoms with E-state index in [-0.39, 0.29) is 24.7 Å². The summed E-state index contributed by atoms with van der Waals surface area (Å²) in [4.78, 5) is 29.3. The van der Waals surface area contributed by atoms with Gasteiger partial charge in [0.05, 0.1) is 17.7 Å². The SMILES string of the molecule is O=C(OCC(=O)N1CCCC1c1cccs1)c1ccccc1SCC1CCCO1. The molecule has 0 aliphatic carbocycles. The summed E-state index contributed by atoms with van der Waals surface area (Å²) in [6.45, 7) is 1.32. The van der Waals surface area contributed by atoms with Crippen LogP contribution in [0, 0.1) is 0 Å². The number of carbonyl (C=O) groups is 2. The molecular weight excluding hydrogens is 406 g/mol. The van der Waals surface area contributed by atoms with Crippen molar-refractivity contribution >= 4 is 35.0 Å². The number of ether oxygens (including phenoxy) is 2. The Kier molecular flexibility index (Phi) is 6.90. The minimum absolute atomic E-state index is 0.107. The molecule has 2 saturated heterocycles. The smallest absolute Gasteiger partial charge is 0.339 e. The summed E-state index contributed by atoms with van der Waals surface area (Å²) in [5, 5.41) is 2.03. The van der Waals surface area contributed by atoms with Gasteiger partial charge in [-0.25, -0.2) is 4.79 Å². The van der Waals surface area contributed by atoms with Gasteiger partial charge in [-0.15, -0.1) is 23.1 Å². The van der Waals surface area contributed by atoms with Gasteiger partial charge in [0.25, 0.3) is 5.91 Å². The molecule has 5 nitrogen and oxygen atoms in total. The molecule has 2 aromatic rings. The molecule has 154 valence electrons. The van der Waals surface area contributed by atoms with Crippen molar-refractivity contribution in [2.24, 2.45) is 0 Å². The van der Waals surface area contributed by atoms with E-state index in [4.69, 9.17) is 9.47 Å². The van der Waals surface area contributed by atoms with E-state index in [0.717, 1.165) is 42.9 Å². The van der Waals surface area contributed by atoms with Gasteiger partial charge in [-0.1, -0.05) is 18.2 Å². The lowest BCUT2D eigenvalue weighted by atomic mass is 10.2. The van der Waals surface area contributed by atoms with E-state index in [1.807, 2.05) is 34.5 Å². The third-order valence-electron chi connectivity index (χ3n) is 5.33. The summed E-state index contributed by atoms with van der Waals surface area (Å²) in [6, 6.07) is 11.6. The molecule has 4 rings (SSSR count). The van der Waals surface area contributed by atoms with Gasteiger partial charge in [-0.2, -0.15) is 0 Å². The van der Waals surface area contributed by atoms with Gasteiger partial charge < -0.3 is 14.4 Å². The van der Waals surface area contributed by atoms with Crippen LogP contribution in [0.1, 0.15) is 47.0 Å². The van der Waals surface area contributed by atoms with Gasteiger partial charge in [0.15, 0.2) is 6.61 Å². The van der Waals surface area contributed by atoms with Gasteiger partial charge in [-0.3, -0.25) is 4.79 Å². The third kappa shape index (κ3) is 5.02. The van der Waals surface area contributed by atoms with Crippen LogP contribution in [0.2, 0.25) is 0 Å². The Bertz CT molecular complexity index is 833. The van der Waals surface area contributed by atoms with Crippen molar-refractivity contribution in [3.63, 3.8) is 0 Å². The summed E-state index contributed by atoms with van der Waals surface area (Å²) >= 11 is 3.28. The largest absolute Gasteiger partial charge is 0.452 e. The first-order valence-electron chi connectivity index (χ1n) is 10.1. The molecule has 2 aliphatic heterocycles. The number of nitrogens with zero attached hydrogens (tertiary/aromatic N) is 1.